The molecule has 0 aliphatic carbocycles. The van der Waals surface area contributed by atoms with Gasteiger partial charge in [0, 0.05) is 31.3 Å². The van der Waals surface area contributed by atoms with Crippen LogP contribution in [0, 0.1) is 0 Å². The molecule has 2 rings (SSSR count). The second kappa shape index (κ2) is 4.40. The molecule has 2 heterocycles. The molecule has 0 aromatic carbocycles. The minimum absolute atomic E-state index is 0.264. The fourth-order valence-electron chi connectivity index (χ4n) is 2.81. The molecule has 0 radical (unpaired) electrons. The van der Waals surface area contributed by atoms with Gasteiger partial charge in [-0.2, -0.15) is 0 Å². The SMILES string of the molecule is CC1CN(C2(C)CCOC2C)CCCN1. The Bertz CT molecular complexity index is 222. The topological polar surface area (TPSA) is 24.5 Å². The molecular weight excluding hydrogens is 188 g/mol. The van der Waals surface area contributed by atoms with Gasteiger partial charge in [0.15, 0.2) is 0 Å². The predicted octanol–water partition coefficient (Wildman–Crippen LogP) is 1.24. The Morgan fingerprint density at radius 1 is 1.40 bits per heavy atom. The molecule has 0 saturated carbocycles. The normalized spacial score (nSPS) is 44.2. The lowest BCUT2D eigenvalue weighted by molar-refractivity contribution is 0.0201. The number of hydrogen-bond acceptors (Lipinski definition) is 3. The van der Waals surface area contributed by atoms with Crippen LogP contribution in [-0.4, -0.2) is 48.8 Å². The molecule has 1 N–H and O–H groups in total. The zero-order valence-corrected chi connectivity index (χ0v) is 10.3. The molecule has 15 heavy (non-hydrogen) atoms. The van der Waals surface area contributed by atoms with E-state index in [0.717, 1.165) is 19.7 Å². The van der Waals surface area contributed by atoms with Gasteiger partial charge in [0.25, 0.3) is 0 Å². The van der Waals surface area contributed by atoms with E-state index in [4.69, 9.17) is 4.74 Å². The van der Waals surface area contributed by atoms with Gasteiger partial charge in [0.1, 0.15) is 0 Å². The molecule has 0 aromatic heterocycles. The van der Waals surface area contributed by atoms with E-state index in [0.29, 0.717) is 12.1 Å². The van der Waals surface area contributed by atoms with E-state index in [-0.39, 0.29) is 5.54 Å². The average Bonchev–Trinajstić information content (AvgIpc) is 2.42. The maximum atomic E-state index is 5.74. The molecule has 2 aliphatic rings. The number of nitrogens with zero attached hydrogens (tertiary/aromatic N) is 1. The molecule has 88 valence electrons. The third-order valence-corrected chi connectivity index (χ3v) is 4.17. The molecule has 3 atom stereocenters. The minimum Gasteiger partial charge on any atom is -0.377 e. The molecule has 3 unspecified atom stereocenters. The first-order valence-electron chi connectivity index (χ1n) is 6.23. The van der Waals surface area contributed by atoms with E-state index < -0.39 is 0 Å². The summed E-state index contributed by atoms with van der Waals surface area (Å²) >= 11 is 0. The number of hydrogen-bond donors (Lipinski definition) is 1. The van der Waals surface area contributed by atoms with Gasteiger partial charge < -0.3 is 10.1 Å². The van der Waals surface area contributed by atoms with Gasteiger partial charge >= 0.3 is 0 Å². The molecular formula is C12H24N2O. The van der Waals surface area contributed by atoms with Crippen LogP contribution < -0.4 is 5.32 Å². The largest absolute Gasteiger partial charge is 0.377 e. The van der Waals surface area contributed by atoms with Crippen molar-refractivity contribution >= 4 is 0 Å². The summed E-state index contributed by atoms with van der Waals surface area (Å²) in [7, 11) is 0. The molecule has 3 nitrogen and oxygen atoms in total. The molecule has 2 fully saturated rings. The Balaban J connectivity index is 2.07. The molecule has 0 spiro atoms. The Kier molecular flexibility index (Phi) is 3.33. The number of nitrogens with one attached hydrogen (secondary N) is 1. The van der Waals surface area contributed by atoms with E-state index in [9.17, 15) is 0 Å². The standard InChI is InChI=1S/C12H24N2O/c1-10-9-14(7-4-6-13-10)12(3)5-8-15-11(12)2/h10-11,13H,4-9H2,1-3H3. The summed E-state index contributed by atoms with van der Waals surface area (Å²) in [5.74, 6) is 0. The van der Waals surface area contributed by atoms with Crippen LogP contribution in [0.15, 0.2) is 0 Å². The van der Waals surface area contributed by atoms with E-state index in [1.54, 1.807) is 0 Å². The number of rotatable bonds is 1. The first-order valence-corrected chi connectivity index (χ1v) is 6.23. The molecule has 0 amide bonds. The zero-order valence-electron chi connectivity index (χ0n) is 10.3. The summed E-state index contributed by atoms with van der Waals surface area (Å²) in [6.45, 7) is 11.3. The fourth-order valence-corrected chi connectivity index (χ4v) is 2.81. The van der Waals surface area contributed by atoms with Gasteiger partial charge in [-0.15, -0.1) is 0 Å². The Morgan fingerprint density at radius 2 is 2.20 bits per heavy atom. The first kappa shape index (κ1) is 11.4. The van der Waals surface area contributed by atoms with E-state index in [2.05, 4.69) is 31.0 Å². The maximum Gasteiger partial charge on any atom is 0.0728 e. The van der Waals surface area contributed by atoms with Crippen LogP contribution in [0.5, 0.6) is 0 Å². The summed E-state index contributed by atoms with van der Waals surface area (Å²) in [6.07, 6.45) is 2.82. The van der Waals surface area contributed by atoms with Crippen molar-refractivity contribution in [3.05, 3.63) is 0 Å². The van der Waals surface area contributed by atoms with Crippen molar-refractivity contribution in [2.75, 3.05) is 26.2 Å². The summed E-state index contributed by atoms with van der Waals surface area (Å²) in [6, 6.07) is 0.608. The first-order chi connectivity index (χ1) is 7.13. The summed E-state index contributed by atoms with van der Waals surface area (Å²) < 4.78 is 5.74. The smallest absolute Gasteiger partial charge is 0.0728 e. The van der Waals surface area contributed by atoms with Crippen molar-refractivity contribution in [3.8, 4) is 0 Å². The predicted molar refractivity (Wildman–Crippen MR) is 62.1 cm³/mol. The van der Waals surface area contributed by atoms with Crippen LogP contribution in [0.1, 0.15) is 33.6 Å². The van der Waals surface area contributed by atoms with Crippen molar-refractivity contribution in [2.24, 2.45) is 0 Å². The van der Waals surface area contributed by atoms with Gasteiger partial charge in [-0.25, -0.2) is 0 Å². The summed E-state index contributed by atoms with van der Waals surface area (Å²) in [4.78, 5) is 2.63. The molecule has 2 saturated heterocycles. The minimum atomic E-state index is 0.264. The lowest BCUT2D eigenvalue weighted by Crippen LogP contribution is -2.53. The summed E-state index contributed by atoms with van der Waals surface area (Å²) in [5, 5.41) is 3.55. The highest BCUT2D eigenvalue weighted by atomic mass is 16.5. The third-order valence-electron chi connectivity index (χ3n) is 4.17. The maximum absolute atomic E-state index is 5.74. The van der Waals surface area contributed by atoms with Crippen LogP contribution in [0.25, 0.3) is 0 Å². The van der Waals surface area contributed by atoms with Crippen molar-refractivity contribution in [2.45, 2.75) is 51.3 Å². The highest BCUT2D eigenvalue weighted by molar-refractivity contribution is 4.97. The van der Waals surface area contributed by atoms with Crippen molar-refractivity contribution < 1.29 is 4.74 Å². The zero-order chi connectivity index (χ0) is 10.9. The molecule has 2 aliphatic heterocycles. The van der Waals surface area contributed by atoms with Crippen molar-refractivity contribution in [1.29, 1.82) is 0 Å². The van der Waals surface area contributed by atoms with Gasteiger partial charge in [-0.3, -0.25) is 4.90 Å². The van der Waals surface area contributed by atoms with Crippen LogP contribution in [0.2, 0.25) is 0 Å². The van der Waals surface area contributed by atoms with Crippen LogP contribution in [0.4, 0.5) is 0 Å². The van der Waals surface area contributed by atoms with Gasteiger partial charge in [-0.1, -0.05) is 0 Å². The molecule has 0 aromatic rings. The Morgan fingerprint density at radius 3 is 2.87 bits per heavy atom. The second-order valence-corrected chi connectivity index (χ2v) is 5.27. The van der Waals surface area contributed by atoms with Gasteiger partial charge in [-0.05, 0) is 40.2 Å². The Labute approximate surface area is 93.2 Å². The lowest BCUT2D eigenvalue weighted by Gasteiger charge is -2.40. The third kappa shape index (κ3) is 2.19. The van der Waals surface area contributed by atoms with Crippen LogP contribution >= 0.6 is 0 Å². The van der Waals surface area contributed by atoms with E-state index >= 15 is 0 Å². The van der Waals surface area contributed by atoms with Crippen molar-refractivity contribution in [3.63, 3.8) is 0 Å². The van der Waals surface area contributed by atoms with Crippen molar-refractivity contribution in [1.82, 2.24) is 10.2 Å². The van der Waals surface area contributed by atoms with Gasteiger partial charge in [0.2, 0.25) is 0 Å². The number of ether oxygens (including phenoxy) is 1. The van der Waals surface area contributed by atoms with Crippen LogP contribution in [-0.2, 0) is 4.74 Å². The lowest BCUT2D eigenvalue weighted by atomic mass is 9.91. The van der Waals surface area contributed by atoms with E-state index in [1.807, 2.05) is 0 Å². The average molecular weight is 212 g/mol. The molecule has 0 bridgehead atoms. The van der Waals surface area contributed by atoms with E-state index in [1.165, 1.54) is 19.4 Å². The molecule has 3 heteroatoms. The second-order valence-electron chi connectivity index (χ2n) is 5.27. The van der Waals surface area contributed by atoms with Gasteiger partial charge in [0.05, 0.1) is 6.10 Å². The summed E-state index contributed by atoms with van der Waals surface area (Å²) in [5.41, 5.74) is 0.264. The Hall–Kier alpha value is -0.120. The fraction of sp³-hybridized carbons (Fsp3) is 1.00. The quantitative estimate of drug-likeness (QED) is 0.708. The highest BCUT2D eigenvalue weighted by Gasteiger charge is 2.42. The monoisotopic (exact) mass is 212 g/mol. The highest BCUT2D eigenvalue weighted by Crippen LogP contribution is 2.32. The van der Waals surface area contributed by atoms with Crippen LogP contribution in [0.3, 0.4) is 0 Å².